The van der Waals surface area contributed by atoms with Gasteiger partial charge in [0, 0.05) is 17.1 Å². The SMILES string of the molecule is CCC(NCC1CCN(CC)C1)c1ccc(Br)cc1. The van der Waals surface area contributed by atoms with Crippen molar-refractivity contribution in [3.8, 4) is 0 Å². The van der Waals surface area contributed by atoms with E-state index in [1.807, 2.05) is 0 Å². The van der Waals surface area contributed by atoms with Gasteiger partial charge in [-0.15, -0.1) is 0 Å². The number of hydrogen-bond acceptors (Lipinski definition) is 2. The highest BCUT2D eigenvalue weighted by atomic mass is 79.9. The molecule has 1 aliphatic rings. The summed E-state index contributed by atoms with van der Waals surface area (Å²) in [6.07, 6.45) is 2.49. The zero-order valence-electron chi connectivity index (χ0n) is 12.0. The highest BCUT2D eigenvalue weighted by Crippen LogP contribution is 2.21. The second-order valence-electron chi connectivity index (χ2n) is 5.47. The van der Waals surface area contributed by atoms with Crippen molar-refractivity contribution in [2.24, 2.45) is 5.92 Å². The lowest BCUT2D eigenvalue weighted by Gasteiger charge is -2.20. The van der Waals surface area contributed by atoms with Gasteiger partial charge in [-0.1, -0.05) is 41.9 Å². The highest BCUT2D eigenvalue weighted by molar-refractivity contribution is 9.10. The fraction of sp³-hybridized carbons (Fsp3) is 0.625. The highest BCUT2D eigenvalue weighted by Gasteiger charge is 2.21. The molecule has 2 rings (SSSR count). The molecule has 19 heavy (non-hydrogen) atoms. The Bertz CT molecular complexity index is 377. The molecule has 0 aromatic heterocycles. The summed E-state index contributed by atoms with van der Waals surface area (Å²) in [4.78, 5) is 2.55. The van der Waals surface area contributed by atoms with Crippen molar-refractivity contribution in [1.82, 2.24) is 10.2 Å². The lowest BCUT2D eigenvalue weighted by molar-refractivity contribution is 0.334. The van der Waals surface area contributed by atoms with Crippen LogP contribution < -0.4 is 5.32 Å². The third-order valence-electron chi connectivity index (χ3n) is 4.15. The fourth-order valence-electron chi connectivity index (χ4n) is 2.87. The van der Waals surface area contributed by atoms with Gasteiger partial charge < -0.3 is 10.2 Å². The normalized spacial score (nSPS) is 21.7. The van der Waals surface area contributed by atoms with Gasteiger partial charge in [0.25, 0.3) is 0 Å². The second kappa shape index (κ2) is 7.41. The van der Waals surface area contributed by atoms with Crippen LogP contribution >= 0.6 is 15.9 Å². The third-order valence-corrected chi connectivity index (χ3v) is 4.68. The minimum Gasteiger partial charge on any atom is -0.310 e. The maximum atomic E-state index is 3.75. The predicted molar refractivity (Wildman–Crippen MR) is 85.4 cm³/mol. The van der Waals surface area contributed by atoms with Crippen LogP contribution in [0.5, 0.6) is 0 Å². The number of nitrogens with one attached hydrogen (secondary N) is 1. The van der Waals surface area contributed by atoms with E-state index in [1.165, 1.54) is 31.6 Å². The Hall–Kier alpha value is -0.380. The molecule has 3 heteroatoms. The lowest BCUT2D eigenvalue weighted by Crippen LogP contribution is -2.29. The van der Waals surface area contributed by atoms with E-state index in [4.69, 9.17) is 0 Å². The molecule has 0 spiro atoms. The predicted octanol–water partition coefficient (Wildman–Crippen LogP) is 3.83. The molecule has 0 bridgehead atoms. The Morgan fingerprint density at radius 3 is 2.63 bits per heavy atom. The number of nitrogens with zero attached hydrogens (tertiary/aromatic N) is 1. The van der Waals surface area contributed by atoms with Crippen molar-refractivity contribution in [3.63, 3.8) is 0 Å². The lowest BCUT2D eigenvalue weighted by atomic mass is 10.0. The summed E-state index contributed by atoms with van der Waals surface area (Å²) < 4.78 is 1.15. The third kappa shape index (κ3) is 4.30. The monoisotopic (exact) mass is 324 g/mol. The Kier molecular flexibility index (Phi) is 5.86. The summed E-state index contributed by atoms with van der Waals surface area (Å²) in [6, 6.07) is 9.20. The van der Waals surface area contributed by atoms with Crippen molar-refractivity contribution in [1.29, 1.82) is 0 Å². The van der Waals surface area contributed by atoms with E-state index in [0.717, 1.165) is 23.4 Å². The minimum absolute atomic E-state index is 0.490. The summed E-state index contributed by atoms with van der Waals surface area (Å²) in [5, 5.41) is 3.75. The van der Waals surface area contributed by atoms with Gasteiger partial charge in [0.2, 0.25) is 0 Å². The molecule has 106 valence electrons. The molecule has 2 nitrogen and oxygen atoms in total. The zero-order valence-corrected chi connectivity index (χ0v) is 13.6. The van der Waals surface area contributed by atoms with Gasteiger partial charge in [-0.2, -0.15) is 0 Å². The molecule has 1 aromatic carbocycles. The van der Waals surface area contributed by atoms with Crippen LogP contribution in [0.2, 0.25) is 0 Å². The topological polar surface area (TPSA) is 15.3 Å². The minimum atomic E-state index is 0.490. The quantitative estimate of drug-likeness (QED) is 0.855. The maximum absolute atomic E-state index is 3.75. The average Bonchev–Trinajstić information content (AvgIpc) is 2.89. The fourth-order valence-corrected chi connectivity index (χ4v) is 3.13. The second-order valence-corrected chi connectivity index (χ2v) is 6.38. The molecule has 1 N–H and O–H groups in total. The van der Waals surface area contributed by atoms with Gasteiger partial charge in [-0.3, -0.25) is 0 Å². The zero-order chi connectivity index (χ0) is 13.7. The van der Waals surface area contributed by atoms with Crippen molar-refractivity contribution in [2.75, 3.05) is 26.2 Å². The molecule has 1 heterocycles. The number of benzene rings is 1. The standard InChI is InChI=1S/C16H25BrN2/c1-3-16(14-5-7-15(17)8-6-14)18-11-13-9-10-19(4-2)12-13/h5-8,13,16,18H,3-4,9-12H2,1-2H3. The molecule has 2 atom stereocenters. The van der Waals surface area contributed by atoms with Crippen LogP contribution in [0, 0.1) is 5.92 Å². The molecule has 1 fully saturated rings. The molecular weight excluding hydrogens is 300 g/mol. The number of likely N-dealkylation sites (tertiary alicyclic amines) is 1. The van der Waals surface area contributed by atoms with Gasteiger partial charge in [-0.25, -0.2) is 0 Å². The van der Waals surface area contributed by atoms with Crippen molar-refractivity contribution in [2.45, 2.75) is 32.7 Å². The number of hydrogen-bond donors (Lipinski definition) is 1. The number of halogens is 1. The van der Waals surface area contributed by atoms with E-state index < -0.39 is 0 Å². The van der Waals surface area contributed by atoms with E-state index in [-0.39, 0.29) is 0 Å². The molecule has 1 saturated heterocycles. The van der Waals surface area contributed by atoms with Crippen LogP contribution in [0.25, 0.3) is 0 Å². The Morgan fingerprint density at radius 2 is 2.05 bits per heavy atom. The van der Waals surface area contributed by atoms with Gasteiger partial charge in [0.1, 0.15) is 0 Å². The average molecular weight is 325 g/mol. The van der Waals surface area contributed by atoms with Crippen molar-refractivity contribution in [3.05, 3.63) is 34.3 Å². The van der Waals surface area contributed by atoms with Crippen LogP contribution in [0.15, 0.2) is 28.7 Å². The van der Waals surface area contributed by atoms with Crippen LogP contribution in [0.4, 0.5) is 0 Å². The van der Waals surface area contributed by atoms with E-state index in [1.54, 1.807) is 0 Å². The van der Waals surface area contributed by atoms with Gasteiger partial charge in [0.15, 0.2) is 0 Å². The first kappa shape index (κ1) is 15.0. The van der Waals surface area contributed by atoms with E-state index in [2.05, 4.69) is 64.3 Å². The molecule has 0 amide bonds. The molecule has 2 unspecified atom stereocenters. The first-order chi connectivity index (χ1) is 9.22. The van der Waals surface area contributed by atoms with Crippen LogP contribution in [-0.4, -0.2) is 31.1 Å². The maximum Gasteiger partial charge on any atom is 0.0317 e. The number of rotatable bonds is 6. The summed E-state index contributed by atoms with van der Waals surface area (Å²) in [6.45, 7) is 9.39. The van der Waals surface area contributed by atoms with Crippen molar-refractivity contribution < 1.29 is 0 Å². The summed E-state index contributed by atoms with van der Waals surface area (Å²) in [5.74, 6) is 0.824. The summed E-state index contributed by atoms with van der Waals surface area (Å²) >= 11 is 3.50. The van der Waals surface area contributed by atoms with Gasteiger partial charge in [0.05, 0.1) is 0 Å². The van der Waals surface area contributed by atoms with E-state index in [9.17, 15) is 0 Å². The smallest absolute Gasteiger partial charge is 0.0317 e. The molecule has 1 aliphatic heterocycles. The molecule has 0 radical (unpaired) electrons. The Balaban J connectivity index is 1.84. The summed E-state index contributed by atoms with van der Waals surface area (Å²) in [7, 11) is 0. The summed E-state index contributed by atoms with van der Waals surface area (Å²) in [5.41, 5.74) is 1.40. The van der Waals surface area contributed by atoms with E-state index in [0.29, 0.717) is 6.04 Å². The first-order valence-electron chi connectivity index (χ1n) is 7.44. The Morgan fingerprint density at radius 1 is 1.32 bits per heavy atom. The van der Waals surface area contributed by atoms with E-state index >= 15 is 0 Å². The van der Waals surface area contributed by atoms with Gasteiger partial charge >= 0.3 is 0 Å². The van der Waals surface area contributed by atoms with Crippen LogP contribution in [-0.2, 0) is 0 Å². The molecule has 0 saturated carbocycles. The first-order valence-corrected chi connectivity index (χ1v) is 8.23. The van der Waals surface area contributed by atoms with Crippen LogP contribution in [0.1, 0.15) is 38.3 Å². The largest absolute Gasteiger partial charge is 0.310 e. The van der Waals surface area contributed by atoms with Crippen molar-refractivity contribution >= 4 is 15.9 Å². The van der Waals surface area contributed by atoms with Gasteiger partial charge in [-0.05, 0) is 56.1 Å². The molecule has 1 aromatic rings. The molecule has 0 aliphatic carbocycles. The molecular formula is C16H25BrN2. The van der Waals surface area contributed by atoms with Crippen LogP contribution in [0.3, 0.4) is 0 Å². The Labute approximate surface area is 125 Å².